The molecule has 0 aliphatic heterocycles. The molecule has 0 N–H and O–H groups in total. The van der Waals surface area contributed by atoms with Crippen LogP contribution in [0.15, 0.2) is 84.0 Å². The molecule has 142 valence electrons. The number of rotatable bonds is 0. The number of terminal acetylenes is 2. The quantitative estimate of drug-likeness (QED) is 0.258. The van der Waals surface area contributed by atoms with Crippen molar-refractivity contribution in [3.05, 3.63) is 95.1 Å². The number of allylic oxidation sites excluding steroid dienone is 4. The topological polar surface area (TPSA) is 0 Å². The van der Waals surface area contributed by atoms with E-state index in [0.29, 0.717) is 0 Å². The summed E-state index contributed by atoms with van der Waals surface area (Å²) in [5.74, 6) is 5.05. The second kappa shape index (κ2) is 15.9. The molecule has 1 aliphatic carbocycles. The summed E-state index contributed by atoms with van der Waals surface area (Å²) < 4.78 is 0. The van der Waals surface area contributed by atoms with Gasteiger partial charge in [0.25, 0.3) is 0 Å². The van der Waals surface area contributed by atoms with Gasteiger partial charge in [-0.1, -0.05) is 71.5 Å². The fourth-order valence-corrected chi connectivity index (χ4v) is 2.37. The molecule has 0 spiro atoms. The van der Waals surface area contributed by atoms with Gasteiger partial charge < -0.3 is 0 Å². The third-order valence-electron chi connectivity index (χ3n) is 3.94. The van der Waals surface area contributed by atoms with E-state index >= 15 is 0 Å². The first-order valence-corrected chi connectivity index (χ1v) is 9.00. The van der Waals surface area contributed by atoms with Crippen LogP contribution in [0.3, 0.4) is 0 Å². The summed E-state index contributed by atoms with van der Waals surface area (Å²) in [6.45, 7) is 4.46. The minimum absolute atomic E-state index is 0. The molecule has 27 heavy (non-hydrogen) atoms. The van der Waals surface area contributed by atoms with Crippen LogP contribution in [-0.2, 0) is 21.1 Å². The molecule has 0 atom stereocenters. The summed E-state index contributed by atoms with van der Waals surface area (Å²) in [6.07, 6.45) is 20.0. The van der Waals surface area contributed by atoms with Gasteiger partial charge in [-0.3, -0.25) is 0 Å². The van der Waals surface area contributed by atoms with Crippen LogP contribution >= 0.6 is 0 Å². The van der Waals surface area contributed by atoms with Gasteiger partial charge >= 0.3 is 0 Å². The average Bonchev–Trinajstić information content (AvgIpc) is 2.69. The Morgan fingerprint density at radius 1 is 0.630 bits per heavy atom. The smallest absolute Gasteiger partial charge is 0.0242 e. The summed E-state index contributed by atoms with van der Waals surface area (Å²) in [5.41, 5.74) is 4.99. The van der Waals surface area contributed by atoms with Crippen LogP contribution in [0.5, 0.6) is 0 Å². The van der Waals surface area contributed by atoms with Crippen LogP contribution in [0.1, 0.15) is 50.7 Å². The van der Waals surface area contributed by atoms with Crippen LogP contribution in [0.2, 0.25) is 0 Å². The maximum absolute atomic E-state index is 5.10. The molecule has 1 aliphatic rings. The largest absolute Gasteiger partial charge is 0.115 e. The number of hydrogen-bond acceptors (Lipinski definition) is 0. The SMILES string of the molecule is C#Cc1ccccc1.C#Cc1ccccc1.CC1=CCCC(C)=CCC1.[Pt]. The summed E-state index contributed by atoms with van der Waals surface area (Å²) in [7, 11) is 0. The Hall–Kier alpha value is -2.27. The minimum Gasteiger partial charge on any atom is -0.115 e. The van der Waals surface area contributed by atoms with Gasteiger partial charge in [-0.25, -0.2) is 0 Å². The number of hydrogen-bond donors (Lipinski definition) is 0. The average molecular weight is 536 g/mol. The van der Waals surface area contributed by atoms with Crippen molar-refractivity contribution in [1.29, 1.82) is 0 Å². The standard InChI is InChI=1S/C10H16.2C8H6.Pt/c1-9-5-3-7-10(2)8-4-6-9;2*1-2-8-6-4-3-5-7-8;/h5,8H,3-4,6-7H2,1-2H3;2*1,3-7H;. The first kappa shape index (κ1) is 24.7. The van der Waals surface area contributed by atoms with Gasteiger partial charge in [0.1, 0.15) is 0 Å². The van der Waals surface area contributed by atoms with E-state index in [9.17, 15) is 0 Å². The fraction of sp³-hybridized carbons (Fsp3) is 0.231. The van der Waals surface area contributed by atoms with Gasteiger partial charge in [0, 0.05) is 32.2 Å². The van der Waals surface area contributed by atoms with E-state index in [-0.39, 0.29) is 21.1 Å². The molecule has 0 bridgehead atoms. The zero-order valence-electron chi connectivity index (χ0n) is 16.2. The van der Waals surface area contributed by atoms with E-state index in [2.05, 4.69) is 37.8 Å². The van der Waals surface area contributed by atoms with Crippen LogP contribution in [-0.4, -0.2) is 0 Å². The molecule has 0 heterocycles. The van der Waals surface area contributed by atoms with Crippen molar-refractivity contribution in [2.45, 2.75) is 39.5 Å². The molecular weight excluding hydrogens is 507 g/mol. The Morgan fingerprint density at radius 2 is 0.963 bits per heavy atom. The third-order valence-corrected chi connectivity index (χ3v) is 3.94. The first-order chi connectivity index (χ1) is 12.7. The van der Waals surface area contributed by atoms with E-state index in [0.717, 1.165) is 11.1 Å². The molecular formula is C26H28Pt. The van der Waals surface area contributed by atoms with Gasteiger partial charge in [0.15, 0.2) is 0 Å². The van der Waals surface area contributed by atoms with E-state index < -0.39 is 0 Å². The van der Waals surface area contributed by atoms with Crippen molar-refractivity contribution in [2.24, 2.45) is 0 Å². The monoisotopic (exact) mass is 535 g/mol. The molecule has 3 rings (SSSR count). The molecule has 0 saturated carbocycles. The van der Waals surface area contributed by atoms with Crippen LogP contribution in [0.25, 0.3) is 0 Å². The molecule has 0 saturated heterocycles. The number of benzene rings is 2. The Labute approximate surface area is 180 Å². The zero-order chi connectivity index (χ0) is 19.0. The van der Waals surface area contributed by atoms with Crippen LogP contribution in [0.4, 0.5) is 0 Å². The molecule has 2 aromatic rings. The summed E-state index contributed by atoms with van der Waals surface area (Å²) in [5, 5.41) is 0. The molecule has 0 fully saturated rings. The molecule has 0 aromatic heterocycles. The maximum atomic E-state index is 5.10. The normalized spacial score (nSPS) is 12.3. The van der Waals surface area contributed by atoms with Crippen molar-refractivity contribution in [2.75, 3.05) is 0 Å². The van der Waals surface area contributed by atoms with Gasteiger partial charge in [-0.2, -0.15) is 0 Å². The van der Waals surface area contributed by atoms with Crippen molar-refractivity contribution in [3.8, 4) is 24.7 Å². The molecule has 0 radical (unpaired) electrons. The molecule has 0 nitrogen and oxygen atoms in total. The minimum atomic E-state index is 0. The Bertz CT molecular complexity index is 699. The molecule has 1 heteroatoms. The maximum Gasteiger partial charge on any atom is 0.0242 e. The second-order valence-electron chi connectivity index (χ2n) is 6.20. The molecule has 2 aromatic carbocycles. The van der Waals surface area contributed by atoms with E-state index in [1.807, 2.05) is 60.7 Å². The van der Waals surface area contributed by atoms with Crippen molar-refractivity contribution in [3.63, 3.8) is 0 Å². The predicted molar refractivity (Wildman–Crippen MR) is 115 cm³/mol. The van der Waals surface area contributed by atoms with E-state index in [1.54, 1.807) is 11.1 Å². The Morgan fingerprint density at radius 3 is 1.22 bits per heavy atom. The Kier molecular flexibility index (Phi) is 14.6. The van der Waals surface area contributed by atoms with Crippen LogP contribution in [0, 0.1) is 24.7 Å². The van der Waals surface area contributed by atoms with E-state index in [1.165, 1.54) is 25.7 Å². The third kappa shape index (κ3) is 12.7. The van der Waals surface area contributed by atoms with Gasteiger partial charge in [-0.15, -0.1) is 12.8 Å². The van der Waals surface area contributed by atoms with Crippen LogP contribution < -0.4 is 0 Å². The van der Waals surface area contributed by atoms with Gasteiger partial charge in [0.2, 0.25) is 0 Å². The van der Waals surface area contributed by atoms with Crippen molar-refractivity contribution >= 4 is 0 Å². The van der Waals surface area contributed by atoms with E-state index in [4.69, 9.17) is 12.8 Å². The summed E-state index contributed by atoms with van der Waals surface area (Å²) in [6, 6.07) is 19.2. The Balaban J connectivity index is 0.000000372. The first-order valence-electron chi connectivity index (χ1n) is 9.00. The van der Waals surface area contributed by atoms with Crippen molar-refractivity contribution < 1.29 is 21.1 Å². The van der Waals surface area contributed by atoms with Crippen molar-refractivity contribution in [1.82, 2.24) is 0 Å². The molecule has 0 unspecified atom stereocenters. The van der Waals surface area contributed by atoms with Gasteiger partial charge in [-0.05, 0) is 63.8 Å². The fourth-order valence-electron chi connectivity index (χ4n) is 2.37. The summed E-state index contributed by atoms with van der Waals surface area (Å²) in [4.78, 5) is 0. The predicted octanol–water partition coefficient (Wildman–Crippen LogP) is 6.79. The molecule has 0 amide bonds. The summed E-state index contributed by atoms with van der Waals surface area (Å²) >= 11 is 0. The second-order valence-corrected chi connectivity index (χ2v) is 6.20. The zero-order valence-corrected chi connectivity index (χ0v) is 18.5. The van der Waals surface area contributed by atoms with Gasteiger partial charge in [0.05, 0.1) is 0 Å².